The number of rotatable bonds is 4. The maximum atomic E-state index is 13.1. The van der Waals surface area contributed by atoms with E-state index < -0.39 is 0 Å². The molecule has 0 atom stereocenters. The first-order chi connectivity index (χ1) is 10.3. The third-order valence-electron chi connectivity index (χ3n) is 3.69. The number of likely N-dealkylation sites (tertiary alicyclic amines) is 1. The van der Waals surface area contributed by atoms with Gasteiger partial charge in [-0.25, -0.2) is 14.4 Å². The monoisotopic (exact) mass is 287 g/mol. The molecule has 0 unspecified atom stereocenters. The van der Waals surface area contributed by atoms with Gasteiger partial charge >= 0.3 is 0 Å². The molecule has 0 bridgehead atoms. The van der Waals surface area contributed by atoms with E-state index >= 15 is 0 Å². The van der Waals surface area contributed by atoms with E-state index in [1.807, 2.05) is 6.07 Å². The van der Waals surface area contributed by atoms with Crippen molar-refractivity contribution in [1.82, 2.24) is 19.9 Å². The van der Waals surface area contributed by atoms with Gasteiger partial charge in [0.05, 0.1) is 6.20 Å². The molecule has 3 heterocycles. The molecule has 0 spiro atoms. The number of anilines is 1. The predicted octanol–water partition coefficient (Wildman–Crippen LogP) is 2.09. The maximum Gasteiger partial charge on any atom is 0.141 e. The number of aromatic nitrogens is 3. The molecule has 1 N–H and O–H groups in total. The van der Waals surface area contributed by atoms with Gasteiger partial charge in [-0.15, -0.1) is 0 Å². The van der Waals surface area contributed by atoms with E-state index in [-0.39, 0.29) is 5.82 Å². The van der Waals surface area contributed by atoms with Crippen molar-refractivity contribution in [3.05, 3.63) is 48.4 Å². The van der Waals surface area contributed by atoms with Crippen LogP contribution < -0.4 is 5.32 Å². The molecule has 5 nitrogen and oxygen atoms in total. The summed E-state index contributed by atoms with van der Waals surface area (Å²) in [6.07, 6.45) is 8.35. The average Bonchev–Trinajstić information content (AvgIpc) is 2.50. The predicted molar refractivity (Wildman–Crippen MR) is 78.1 cm³/mol. The second-order valence-corrected chi connectivity index (χ2v) is 5.30. The zero-order chi connectivity index (χ0) is 14.5. The van der Waals surface area contributed by atoms with Crippen molar-refractivity contribution in [2.75, 3.05) is 18.4 Å². The Bertz CT molecular complexity index is 569. The second-order valence-electron chi connectivity index (χ2n) is 5.30. The van der Waals surface area contributed by atoms with Crippen LogP contribution in [0, 0.1) is 5.82 Å². The summed E-state index contributed by atoms with van der Waals surface area (Å²) in [6, 6.07) is 3.87. The Morgan fingerprint density at radius 2 is 2.10 bits per heavy atom. The Kier molecular flexibility index (Phi) is 4.35. The number of nitrogens with one attached hydrogen (secondary N) is 1. The van der Waals surface area contributed by atoms with E-state index in [1.54, 1.807) is 24.8 Å². The van der Waals surface area contributed by atoms with E-state index in [1.165, 1.54) is 6.20 Å². The van der Waals surface area contributed by atoms with Crippen LogP contribution in [0.5, 0.6) is 0 Å². The van der Waals surface area contributed by atoms with Crippen LogP contribution in [-0.4, -0.2) is 39.0 Å². The van der Waals surface area contributed by atoms with E-state index in [4.69, 9.17) is 0 Å². The van der Waals surface area contributed by atoms with Crippen LogP contribution in [-0.2, 0) is 6.54 Å². The van der Waals surface area contributed by atoms with Crippen LogP contribution in [0.4, 0.5) is 10.2 Å². The van der Waals surface area contributed by atoms with E-state index in [2.05, 4.69) is 25.2 Å². The maximum absolute atomic E-state index is 13.1. The first kappa shape index (κ1) is 13.9. The van der Waals surface area contributed by atoms with Crippen molar-refractivity contribution >= 4 is 5.82 Å². The minimum absolute atomic E-state index is 0.271. The van der Waals surface area contributed by atoms with Gasteiger partial charge in [-0.1, -0.05) is 0 Å². The lowest BCUT2D eigenvalue weighted by atomic mass is 10.0. The summed E-state index contributed by atoms with van der Waals surface area (Å²) < 4.78 is 13.1. The van der Waals surface area contributed by atoms with Crippen molar-refractivity contribution in [3.8, 4) is 0 Å². The van der Waals surface area contributed by atoms with E-state index in [9.17, 15) is 4.39 Å². The molecule has 0 radical (unpaired) electrons. The van der Waals surface area contributed by atoms with Crippen LogP contribution in [0.2, 0.25) is 0 Å². The summed E-state index contributed by atoms with van der Waals surface area (Å²) in [7, 11) is 0. The van der Waals surface area contributed by atoms with Gasteiger partial charge in [0, 0.05) is 38.1 Å². The fourth-order valence-corrected chi connectivity index (χ4v) is 2.62. The largest absolute Gasteiger partial charge is 0.367 e. The quantitative estimate of drug-likeness (QED) is 0.933. The van der Waals surface area contributed by atoms with Gasteiger partial charge in [0.1, 0.15) is 18.0 Å². The fraction of sp³-hybridized carbons (Fsp3) is 0.400. The Morgan fingerprint density at radius 3 is 2.81 bits per heavy atom. The molecule has 1 aliphatic rings. The van der Waals surface area contributed by atoms with E-state index in [0.29, 0.717) is 6.04 Å². The molecule has 1 saturated heterocycles. The normalized spacial score (nSPS) is 16.8. The van der Waals surface area contributed by atoms with Gasteiger partial charge in [0.25, 0.3) is 0 Å². The molecule has 6 heteroatoms. The van der Waals surface area contributed by atoms with Crippen molar-refractivity contribution in [1.29, 1.82) is 0 Å². The van der Waals surface area contributed by atoms with Gasteiger partial charge in [-0.05, 0) is 30.5 Å². The van der Waals surface area contributed by atoms with Crippen LogP contribution in [0.15, 0.2) is 37.1 Å². The second kappa shape index (κ2) is 6.58. The van der Waals surface area contributed by atoms with Crippen molar-refractivity contribution in [2.45, 2.75) is 25.4 Å². The lowest BCUT2D eigenvalue weighted by Crippen LogP contribution is -2.38. The molecule has 0 amide bonds. The zero-order valence-corrected chi connectivity index (χ0v) is 11.7. The highest BCUT2D eigenvalue weighted by Crippen LogP contribution is 2.16. The Hall–Kier alpha value is -2.08. The van der Waals surface area contributed by atoms with Crippen molar-refractivity contribution < 1.29 is 4.39 Å². The van der Waals surface area contributed by atoms with Gasteiger partial charge in [-0.3, -0.25) is 9.88 Å². The summed E-state index contributed by atoms with van der Waals surface area (Å²) in [4.78, 5) is 14.3. The molecular weight excluding hydrogens is 269 g/mol. The highest BCUT2D eigenvalue weighted by Gasteiger charge is 2.19. The number of piperidine rings is 1. The molecular formula is C15H18FN5. The van der Waals surface area contributed by atoms with Crippen LogP contribution >= 0.6 is 0 Å². The molecule has 110 valence electrons. The molecule has 21 heavy (non-hydrogen) atoms. The van der Waals surface area contributed by atoms with E-state index in [0.717, 1.165) is 43.9 Å². The lowest BCUT2D eigenvalue weighted by Gasteiger charge is -2.32. The fourth-order valence-electron chi connectivity index (χ4n) is 2.62. The number of nitrogens with zero attached hydrogens (tertiary/aromatic N) is 4. The number of halogens is 1. The first-order valence-corrected chi connectivity index (χ1v) is 7.14. The van der Waals surface area contributed by atoms with Crippen LogP contribution in [0.25, 0.3) is 0 Å². The zero-order valence-electron chi connectivity index (χ0n) is 11.7. The molecule has 3 rings (SSSR count). The number of hydrogen-bond acceptors (Lipinski definition) is 5. The molecule has 0 saturated carbocycles. The van der Waals surface area contributed by atoms with Gasteiger partial charge in [-0.2, -0.15) is 0 Å². The molecule has 2 aromatic rings. The van der Waals surface area contributed by atoms with Gasteiger partial charge < -0.3 is 5.32 Å². The lowest BCUT2D eigenvalue weighted by molar-refractivity contribution is 0.210. The smallest absolute Gasteiger partial charge is 0.141 e. The average molecular weight is 287 g/mol. The minimum atomic E-state index is -0.271. The summed E-state index contributed by atoms with van der Waals surface area (Å²) in [5, 5.41) is 3.42. The van der Waals surface area contributed by atoms with Gasteiger partial charge in [0.2, 0.25) is 0 Å². The minimum Gasteiger partial charge on any atom is -0.367 e. The third-order valence-corrected chi connectivity index (χ3v) is 3.69. The highest BCUT2D eigenvalue weighted by atomic mass is 19.1. The molecule has 2 aromatic heterocycles. The van der Waals surface area contributed by atoms with Crippen LogP contribution in [0.3, 0.4) is 0 Å². The highest BCUT2D eigenvalue weighted by molar-refractivity contribution is 5.33. The van der Waals surface area contributed by atoms with Crippen LogP contribution in [0.1, 0.15) is 18.4 Å². The topological polar surface area (TPSA) is 53.9 Å². The number of pyridine rings is 1. The van der Waals surface area contributed by atoms with Crippen molar-refractivity contribution in [3.63, 3.8) is 0 Å². The molecule has 0 aliphatic carbocycles. The summed E-state index contributed by atoms with van der Waals surface area (Å²) in [5.41, 5.74) is 0.928. The summed E-state index contributed by atoms with van der Waals surface area (Å²) >= 11 is 0. The van der Waals surface area contributed by atoms with Crippen molar-refractivity contribution in [2.24, 2.45) is 0 Å². The van der Waals surface area contributed by atoms with Gasteiger partial charge in [0.15, 0.2) is 0 Å². The third kappa shape index (κ3) is 3.95. The Labute approximate surface area is 123 Å². The summed E-state index contributed by atoms with van der Waals surface area (Å²) in [6.45, 7) is 2.73. The number of hydrogen-bond donors (Lipinski definition) is 1. The molecule has 1 aliphatic heterocycles. The SMILES string of the molecule is Fc1cncc(CN2CCC(Nc3ccncn3)CC2)c1. The first-order valence-electron chi connectivity index (χ1n) is 7.14. The summed E-state index contributed by atoms with van der Waals surface area (Å²) in [5.74, 6) is 0.602. The Morgan fingerprint density at radius 1 is 1.24 bits per heavy atom. The molecule has 1 fully saturated rings. The standard InChI is InChI=1S/C15H18FN5/c16-13-7-12(8-18-9-13)10-21-5-2-14(3-6-21)20-15-1-4-17-11-19-15/h1,4,7-9,11,14H,2-3,5-6,10H2,(H,17,19,20). The Balaban J connectivity index is 1.49. The molecule has 0 aromatic carbocycles.